The first-order valence-electron chi connectivity index (χ1n) is 11.4. The number of aromatic nitrogens is 1. The van der Waals surface area contributed by atoms with Crippen molar-refractivity contribution in [3.05, 3.63) is 53.3 Å². The average Bonchev–Trinajstić information content (AvgIpc) is 2.79. The van der Waals surface area contributed by atoms with E-state index < -0.39 is 21.9 Å². The summed E-state index contributed by atoms with van der Waals surface area (Å²) in [7, 11) is -4.19. The van der Waals surface area contributed by atoms with E-state index in [0.717, 1.165) is 44.7 Å². The Bertz CT molecular complexity index is 1110. The van der Waals surface area contributed by atoms with Gasteiger partial charge >= 0.3 is 5.97 Å². The molecule has 9 nitrogen and oxygen atoms in total. The van der Waals surface area contributed by atoms with Gasteiger partial charge in [0.1, 0.15) is 0 Å². The Labute approximate surface area is 200 Å². The smallest absolute Gasteiger partial charge is 0.354 e. The zero-order valence-corrected chi connectivity index (χ0v) is 20.3. The molecule has 1 heterocycles. The molecule has 2 aromatic rings. The summed E-state index contributed by atoms with van der Waals surface area (Å²) in [5, 5.41) is 12.0. The lowest BCUT2D eigenvalue weighted by Crippen LogP contribution is -2.31. The number of aromatic carboxylic acids is 1. The average molecular weight is 490 g/mol. The molecule has 1 aromatic carbocycles. The number of amides is 2. The Balaban J connectivity index is 2.10. The number of hydrogen-bond acceptors (Lipinski definition) is 6. The van der Waals surface area contributed by atoms with Gasteiger partial charge in [-0.15, -0.1) is 0 Å². The van der Waals surface area contributed by atoms with E-state index in [9.17, 15) is 27.9 Å². The third kappa shape index (κ3) is 7.95. The molecule has 0 aliphatic heterocycles. The molecule has 0 spiro atoms. The van der Waals surface area contributed by atoms with E-state index >= 15 is 0 Å². The van der Waals surface area contributed by atoms with Crippen LogP contribution < -0.4 is 10.0 Å². The molecule has 34 heavy (non-hydrogen) atoms. The largest absolute Gasteiger partial charge is 0.477 e. The Morgan fingerprint density at radius 1 is 0.971 bits per heavy atom. The predicted octanol–water partition coefficient (Wildman–Crippen LogP) is 4.15. The van der Waals surface area contributed by atoms with Crippen LogP contribution in [0.4, 0.5) is 5.69 Å². The number of nitrogens with zero attached hydrogens (tertiary/aromatic N) is 1. The van der Waals surface area contributed by atoms with Gasteiger partial charge in [0, 0.05) is 18.3 Å². The van der Waals surface area contributed by atoms with Crippen molar-refractivity contribution in [3.8, 4) is 0 Å². The molecule has 0 saturated heterocycles. The molecule has 0 radical (unpaired) electrons. The SMILES string of the molecule is CCCCCC(=O)Nc1ccc(S(=O)(=O)NC(=O)c2cnc(C(=O)O)c(CCCCC)c2)cc1. The quantitative estimate of drug-likeness (QED) is 0.359. The summed E-state index contributed by atoms with van der Waals surface area (Å²) < 4.78 is 27.3. The van der Waals surface area contributed by atoms with Crippen LogP contribution in [0.15, 0.2) is 41.4 Å². The molecule has 2 rings (SSSR count). The highest BCUT2D eigenvalue weighted by atomic mass is 32.2. The van der Waals surface area contributed by atoms with Crippen molar-refractivity contribution in [1.82, 2.24) is 9.71 Å². The second kappa shape index (κ2) is 12.8. The molecular weight excluding hydrogens is 458 g/mol. The van der Waals surface area contributed by atoms with E-state index in [-0.39, 0.29) is 22.1 Å². The van der Waals surface area contributed by atoms with E-state index in [4.69, 9.17) is 0 Å². The maximum atomic E-state index is 12.7. The van der Waals surface area contributed by atoms with Crippen LogP contribution in [-0.2, 0) is 21.2 Å². The Morgan fingerprint density at radius 2 is 1.62 bits per heavy atom. The lowest BCUT2D eigenvalue weighted by molar-refractivity contribution is -0.116. The summed E-state index contributed by atoms with van der Waals surface area (Å²) in [6.45, 7) is 4.06. The van der Waals surface area contributed by atoms with Crippen molar-refractivity contribution >= 4 is 33.5 Å². The van der Waals surface area contributed by atoms with E-state index in [0.29, 0.717) is 24.1 Å². The number of anilines is 1. The Hall–Kier alpha value is -3.27. The molecule has 184 valence electrons. The van der Waals surface area contributed by atoms with Crippen LogP contribution in [0.25, 0.3) is 0 Å². The first-order valence-corrected chi connectivity index (χ1v) is 12.9. The van der Waals surface area contributed by atoms with E-state index in [2.05, 4.69) is 10.3 Å². The minimum atomic E-state index is -4.19. The standard InChI is InChI=1S/C24H31N3O6S/c1-3-5-7-9-17-15-18(16-25-22(17)24(30)31)23(29)27-34(32,33)20-13-11-19(12-14-20)26-21(28)10-8-6-4-2/h11-16H,3-10H2,1-2H3,(H,26,28)(H,27,29)(H,30,31). The number of sulfonamides is 1. The predicted molar refractivity (Wildman–Crippen MR) is 128 cm³/mol. The summed E-state index contributed by atoms with van der Waals surface area (Å²) in [5.41, 5.74) is 0.640. The number of nitrogens with one attached hydrogen (secondary N) is 2. The maximum absolute atomic E-state index is 12.7. The number of carboxylic acid groups (broad SMARTS) is 1. The Morgan fingerprint density at radius 3 is 2.24 bits per heavy atom. The number of rotatable bonds is 13. The second-order valence-electron chi connectivity index (χ2n) is 7.96. The van der Waals surface area contributed by atoms with Crippen LogP contribution >= 0.6 is 0 Å². The van der Waals surface area contributed by atoms with Gasteiger partial charge in [-0.1, -0.05) is 39.5 Å². The molecule has 0 bridgehead atoms. The van der Waals surface area contributed by atoms with Crippen LogP contribution in [0.5, 0.6) is 0 Å². The number of unbranched alkanes of at least 4 members (excludes halogenated alkanes) is 4. The van der Waals surface area contributed by atoms with Crippen molar-refractivity contribution < 1.29 is 27.9 Å². The van der Waals surface area contributed by atoms with Gasteiger partial charge in [0.05, 0.1) is 10.5 Å². The number of carbonyl (C=O) groups is 3. The van der Waals surface area contributed by atoms with Crippen molar-refractivity contribution in [1.29, 1.82) is 0 Å². The van der Waals surface area contributed by atoms with Gasteiger partial charge in [0.2, 0.25) is 5.91 Å². The minimum absolute atomic E-state index is 0.0453. The topological polar surface area (TPSA) is 143 Å². The third-order valence-electron chi connectivity index (χ3n) is 5.16. The van der Waals surface area contributed by atoms with Gasteiger partial charge in [-0.2, -0.15) is 0 Å². The minimum Gasteiger partial charge on any atom is -0.477 e. The maximum Gasteiger partial charge on any atom is 0.354 e. The Kier molecular flexibility index (Phi) is 10.2. The second-order valence-corrected chi connectivity index (χ2v) is 9.64. The van der Waals surface area contributed by atoms with Crippen LogP contribution in [0.3, 0.4) is 0 Å². The van der Waals surface area contributed by atoms with Crippen molar-refractivity contribution in [2.45, 2.75) is 70.1 Å². The van der Waals surface area contributed by atoms with Crippen LogP contribution in [0, 0.1) is 0 Å². The van der Waals surface area contributed by atoms with Crippen molar-refractivity contribution in [3.63, 3.8) is 0 Å². The third-order valence-corrected chi connectivity index (χ3v) is 6.51. The van der Waals surface area contributed by atoms with E-state index in [1.54, 1.807) is 0 Å². The summed E-state index contributed by atoms with van der Waals surface area (Å²) >= 11 is 0. The first-order chi connectivity index (χ1) is 16.2. The fraction of sp³-hybridized carbons (Fsp3) is 0.417. The molecule has 1 aromatic heterocycles. The van der Waals surface area contributed by atoms with Gasteiger partial charge in [0.15, 0.2) is 5.69 Å². The lowest BCUT2D eigenvalue weighted by Gasteiger charge is -2.10. The summed E-state index contributed by atoms with van der Waals surface area (Å²) in [4.78, 5) is 39.6. The zero-order valence-electron chi connectivity index (χ0n) is 19.5. The highest BCUT2D eigenvalue weighted by Crippen LogP contribution is 2.17. The number of benzene rings is 1. The fourth-order valence-corrected chi connectivity index (χ4v) is 4.27. The first kappa shape index (κ1) is 27.0. The van der Waals surface area contributed by atoms with Crippen LogP contribution in [0.2, 0.25) is 0 Å². The monoisotopic (exact) mass is 489 g/mol. The van der Waals surface area contributed by atoms with E-state index in [1.807, 2.05) is 18.6 Å². The molecule has 0 saturated carbocycles. The molecule has 0 aliphatic carbocycles. The molecule has 0 unspecified atom stereocenters. The van der Waals surface area contributed by atoms with Gasteiger partial charge in [-0.25, -0.2) is 22.9 Å². The molecule has 10 heteroatoms. The molecule has 0 atom stereocenters. The zero-order chi connectivity index (χ0) is 25.1. The van der Waals surface area contributed by atoms with Crippen molar-refractivity contribution in [2.24, 2.45) is 0 Å². The van der Waals surface area contributed by atoms with Gasteiger partial charge in [0.25, 0.3) is 15.9 Å². The van der Waals surface area contributed by atoms with Crippen LogP contribution in [-0.4, -0.2) is 36.3 Å². The molecular formula is C24H31N3O6S. The fourth-order valence-electron chi connectivity index (χ4n) is 3.30. The number of carbonyl (C=O) groups excluding carboxylic acids is 2. The molecule has 0 fully saturated rings. The lowest BCUT2D eigenvalue weighted by atomic mass is 10.0. The molecule has 3 N–H and O–H groups in total. The summed E-state index contributed by atoms with van der Waals surface area (Å²) in [6.07, 6.45) is 7.15. The van der Waals surface area contributed by atoms with Crippen molar-refractivity contribution in [2.75, 3.05) is 5.32 Å². The number of pyridine rings is 1. The van der Waals surface area contributed by atoms with E-state index in [1.165, 1.54) is 30.3 Å². The highest BCUT2D eigenvalue weighted by Gasteiger charge is 2.21. The number of hydrogen-bond donors (Lipinski definition) is 3. The molecule has 2 amide bonds. The number of aryl methyl sites for hydroxylation is 1. The molecule has 0 aliphatic rings. The normalized spacial score (nSPS) is 11.1. The summed E-state index contributed by atoms with van der Waals surface area (Å²) in [6, 6.07) is 6.85. The highest BCUT2D eigenvalue weighted by molar-refractivity contribution is 7.90. The van der Waals surface area contributed by atoms with Gasteiger partial charge in [-0.05, 0) is 55.2 Å². The summed E-state index contributed by atoms with van der Waals surface area (Å²) in [5.74, 6) is -2.26. The van der Waals surface area contributed by atoms with Gasteiger partial charge < -0.3 is 10.4 Å². The number of carboxylic acids is 1. The van der Waals surface area contributed by atoms with Crippen LogP contribution in [0.1, 0.15) is 85.2 Å². The van der Waals surface area contributed by atoms with Gasteiger partial charge in [-0.3, -0.25) is 9.59 Å².